The van der Waals surface area contributed by atoms with Gasteiger partial charge in [0.2, 0.25) is 5.91 Å². The Hall–Kier alpha value is -2.42. The molecule has 1 N–H and O–H groups in total. The molecular formula is C17H12ClN5OS2. The maximum Gasteiger partial charge on any atom is 0.234 e. The molecule has 3 heterocycles. The number of hydrogen-bond acceptors (Lipinski definition) is 6. The van der Waals surface area contributed by atoms with Crippen LogP contribution in [0.2, 0.25) is 5.02 Å². The topological polar surface area (TPSA) is 72.2 Å². The first-order valence-electron chi connectivity index (χ1n) is 7.63. The molecule has 3 aromatic heterocycles. The first-order valence-corrected chi connectivity index (χ1v) is 9.88. The van der Waals surface area contributed by atoms with Crippen LogP contribution < -0.4 is 5.32 Å². The minimum absolute atomic E-state index is 0.124. The van der Waals surface area contributed by atoms with Gasteiger partial charge in [-0.15, -0.1) is 21.5 Å². The summed E-state index contributed by atoms with van der Waals surface area (Å²) < 4.78 is 1.70. The Balaban J connectivity index is 1.47. The Morgan fingerprint density at radius 2 is 2.12 bits per heavy atom. The van der Waals surface area contributed by atoms with Gasteiger partial charge in [0, 0.05) is 10.7 Å². The van der Waals surface area contributed by atoms with Crippen LogP contribution in [0.15, 0.2) is 58.9 Å². The molecule has 6 nitrogen and oxygen atoms in total. The van der Waals surface area contributed by atoms with Crippen molar-refractivity contribution in [1.82, 2.24) is 19.8 Å². The van der Waals surface area contributed by atoms with Crippen molar-refractivity contribution in [3.05, 3.63) is 58.9 Å². The molecule has 4 rings (SSSR count). The minimum Gasteiger partial charge on any atom is -0.325 e. The van der Waals surface area contributed by atoms with Gasteiger partial charge in [-0.25, -0.2) is 0 Å². The lowest BCUT2D eigenvalue weighted by atomic mass is 10.3. The highest BCUT2D eigenvalue weighted by molar-refractivity contribution is 7.99. The second-order valence-electron chi connectivity index (χ2n) is 5.29. The number of fused-ring (bicyclic) bond motifs is 1. The fourth-order valence-corrected chi connectivity index (χ4v) is 3.85. The number of carbonyl (C=O) groups is 1. The van der Waals surface area contributed by atoms with E-state index in [0.29, 0.717) is 22.2 Å². The van der Waals surface area contributed by atoms with E-state index in [4.69, 9.17) is 11.6 Å². The number of amides is 1. The van der Waals surface area contributed by atoms with Gasteiger partial charge in [-0.05, 0) is 41.8 Å². The SMILES string of the molecule is O=C(CSc1ccc2nnc(-c3cccs3)n2n1)Nc1cccc(Cl)c1. The fourth-order valence-electron chi connectivity index (χ4n) is 2.31. The van der Waals surface area contributed by atoms with Crippen LogP contribution in [0.4, 0.5) is 5.69 Å². The number of rotatable bonds is 5. The van der Waals surface area contributed by atoms with Gasteiger partial charge in [0.1, 0.15) is 5.03 Å². The van der Waals surface area contributed by atoms with Gasteiger partial charge in [-0.1, -0.05) is 35.5 Å². The molecule has 0 bridgehead atoms. The van der Waals surface area contributed by atoms with Gasteiger partial charge < -0.3 is 5.32 Å². The van der Waals surface area contributed by atoms with Crippen LogP contribution in [0.25, 0.3) is 16.3 Å². The van der Waals surface area contributed by atoms with E-state index in [1.807, 2.05) is 29.6 Å². The second kappa shape index (κ2) is 7.45. The Labute approximate surface area is 162 Å². The average molecular weight is 402 g/mol. The maximum atomic E-state index is 12.1. The number of thioether (sulfide) groups is 1. The summed E-state index contributed by atoms with van der Waals surface area (Å²) in [5.74, 6) is 0.809. The summed E-state index contributed by atoms with van der Waals surface area (Å²) in [6.07, 6.45) is 0. The van der Waals surface area contributed by atoms with Crippen LogP contribution in [0.3, 0.4) is 0 Å². The van der Waals surface area contributed by atoms with Crippen molar-refractivity contribution < 1.29 is 4.79 Å². The second-order valence-corrected chi connectivity index (χ2v) is 7.67. The van der Waals surface area contributed by atoms with E-state index in [1.165, 1.54) is 11.8 Å². The van der Waals surface area contributed by atoms with Crippen molar-refractivity contribution in [2.75, 3.05) is 11.1 Å². The molecule has 4 aromatic rings. The first-order chi connectivity index (χ1) is 12.7. The monoisotopic (exact) mass is 401 g/mol. The number of anilines is 1. The van der Waals surface area contributed by atoms with E-state index in [9.17, 15) is 4.79 Å². The van der Waals surface area contributed by atoms with Crippen molar-refractivity contribution in [2.45, 2.75) is 5.03 Å². The highest BCUT2D eigenvalue weighted by Crippen LogP contribution is 2.24. The van der Waals surface area contributed by atoms with Crippen LogP contribution in [-0.2, 0) is 4.79 Å². The molecule has 0 aliphatic carbocycles. The number of aromatic nitrogens is 4. The summed E-state index contributed by atoms with van der Waals surface area (Å²) >= 11 is 8.85. The molecule has 130 valence electrons. The molecule has 1 aromatic carbocycles. The molecule has 0 unspecified atom stereocenters. The molecular weight excluding hydrogens is 390 g/mol. The Bertz CT molecular complexity index is 1060. The summed E-state index contributed by atoms with van der Waals surface area (Å²) in [6.45, 7) is 0. The zero-order valence-electron chi connectivity index (χ0n) is 13.3. The molecule has 0 fully saturated rings. The molecule has 0 saturated heterocycles. The lowest BCUT2D eigenvalue weighted by Gasteiger charge is -2.05. The summed E-state index contributed by atoms with van der Waals surface area (Å²) in [7, 11) is 0. The van der Waals surface area contributed by atoms with Crippen LogP contribution in [-0.4, -0.2) is 31.5 Å². The van der Waals surface area contributed by atoms with E-state index in [0.717, 1.165) is 9.90 Å². The molecule has 0 saturated carbocycles. The smallest absolute Gasteiger partial charge is 0.234 e. The van der Waals surface area contributed by atoms with E-state index >= 15 is 0 Å². The van der Waals surface area contributed by atoms with Gasteiger partial charge in [-0.2, -0.15) is 9.61 Å². The van der Waals surface area contributed by atoms with Crippen molar-refractivity contribution in [3.63, 3.8) is 0 Å². The van der Waals surface area contributed by atoms with Gasteiger partial charge in [-0.3, -0.25) is 4.79 Å². The predicted octanol–water partition coefficient (Wildman–Crippen LogP) is 4.24. The molecule has 0 spiro atoms. The molecule has 1 amide bonds. The van der Waals surface area contributed by atoms with E-state index in [1.54, 1.807) is 40.1 Å². The number of carbonyl (C=O) groups excluding carboxylic acids is 1. The van der Waals surface area contributed by atoms with Gasteiger partial charge >= 0.3 is 0 Å². The Kier molecular flexibility index (Phi) is 4.87. The average Bonchev–Trinajstić information content (AvgIpc) is 3.29. The van der Waals surface area contributed by atoms with Crippen molar-refractivity contribution in [1.29, 1.82) is 0 Å². The third-order valence-corrected chi connectivity index (χ3v) is 5.46. The highest BCUT2D eigenvalue weighted by atomic mass is 35.5. The van der Waals surface area contributed by atoms with Crippen molar-refractivity contribution in [2.24, 2.45) is 0 Å². The maximum absolute atomic E-state index is 12.1. The molecule has 0 aliphatic rings. The van der Waals surface area contributed by atoms with E-state index in [-0.39, 0.29) is 11.7 Å². The minimum atomic E-state index is -0.124. The van der Waals surface area contributed by atoms with Crippen molar-refractivity contribution in [3.8, 4) is 10.7 Å². The number of hydrogen-bond donors (Lipinski definition) is 1. The van der Waals surface area contributed by atoms with Crippen molar-refractivity contribution >= 4 is 51.9 Å². The number of nitrogens with zero attached hydrogens (tertiary/aromatic N) is 4. The lowest BCUT2D eigenvalue weighted by molar-refractivity contribution is -0.113. The van der Waals surface area contributed by atoms with Crippen LogP contribution in [0, 0.1) is 0 Å². The van der Waals surface area contributed by atoms with E-state index < -0.39 is 0 Å². The highest BCUT2D eigenvalue weighted by Gasteiger charge is 2.12. The predicted molar refractivity (Wildman–Crippen MR) is 105 cm³/mol. The number of nitrogens with one attached hydrogen (secondary N) is 1. The van der Waals surface area contributed by atoms with Gasteiger partial charge in [0.15, 0.2) is 11.5 Å². The summed E-state index contributed by atoms with van der Waals surface area (Å²) in [6, 6.07) is 14.7. The van der Waals surface area contributed by atoms with Crippen LogP contribution in [0.5, 0.6) is 0 Å². The third-order valence-electron chi connectivity index (χ3n) is 3.44. The lowest BCUT2D eigenvalue weighted by Crippen LogP contribution is -2.14. The summed E-state index contributed by atoms with van der Waals surface area (Å²) in [5.41, 5.74) is 1.34. The Morgan fingerprint density at radius 1 is 1.19 bits per heavy atom. The standard InChI is InChI=1S/C17H12ClN5OS2/c18-11-3-1-4-12(9-11)19-15(24)10-26-16-7-6-14-20-21-17(23(14)22-16)13-5-2-8-25-13/h1-9H,10H2,(H,19,24). The number of halogens is 1. The quantitative estimate of drug-likeness (QED) is 0.506. The normalized spacial score (nSPS) is 11.0. The molecule has 0 aliphatic heterocycles. The third kappa shape index (κ3) is 3.72. The van der Waals surface area contributed by atoms with Gasteiger partial charge in [0.25, 0.3) is 0 Å². The zero-order valence-corrected chi connectivity index (χ0v) is 15.7. The van der Waals surface area contributed by atoms with E-state index in [2.05, 4.69) is 20.6 Å². The molecule has 0 atom stereocenters. The molecule has 26 heavy (non-hydrogen) atoms. The fraction of sp³-hybridized carbons (Fsp3) is 0.0588. The molecule has 9 heteroatoms. The zero-order chi connectivity index (χ0) is 17.9. The number of thiophene rings is 1. The first kappa shape index (κ1) is 17.0. The summed E-state index contributed by atoms with van der Waals surface area (Å²) in [5, 5.41) is 19.0. The largest absolute Gasteiger partial charge is 0.325 e. The van der Waals surface area contributed by atoms with Gasteiger partial charge in [0.05, 0.1) is 10.6 Å². The Morgan fingerprint density at radius 3 is 2.92 bits per heavy atom. The number of benzene rings is 1. The van der Waals surface area contributed by atoms with Crippen LogP contribution >= 0.6 is 34.7 Å². The molecule has 0 radical (unpaired) electrons. The van der Waals surface area contributed by atoms with Crippen LogP contribution in [0.1, 0.15) is 0 Å². The summed E-state index contributed by atoms with van der Waals surface area (Å²) in [4.78, 5) is 13.1.